The van der Waals surface area contributed by atoms with Crippen molar-refractivity contribution in [3.63, 3.8) is 0 Å². The van der Waals surface area contributed by atoms with Crippen LogP contribution in [0, 0.1) is 15.8 Å². The van der Waals surface area contributed by atoms with Gasteiger partial charge >= 0.3 is 0 Å². The Balaban J connectivity index is 0.000000810. The molecule has 0 aromatic rings. The molecule has 58 valence electrons. The Bertz CT molecular complexity index is 132. The van der Waals surface area contributed by atoms with Crippen LogP contribution >= 0.6 is 35.0 Å². The lowest BCUT2D eigenvalue weighted by atomic mass is 10.00. The van der Waals surface area contributed by atoms with Gasteiger partial charge in [-0.25, -0.2) is 0 Å². The summed E-state index contributed by atoms with van der Waals surface area (Å²) in [6, 6.07) is 0. The van der Waals surface area contributed by atoms with Gasteiger partial charge < -0.3 is 5.32 Å². The van der Waals surface area contributed by atoms with Gasteiger partial charge in [0.25, 0.3) is 0 Å². The predicted molar refractivity (Wildman–Crippen MR) is 54.6 cm³/mol. The van der Waals surface area contributed by atoms with Crippen molar-refractivity contribution in [3.8, 4) is 9.85 Å². The third kappa shape index (κ3) is 3.65. The van der Waals surface area contributed by atoms with E-state index in [0.29, 0.717) is 5.92 Å². The van der Waals surface area contributed by atoms with Gasteiger partial charge in [-0.05, 0) is 29.9 Å². The molecule has 0 bridgehead atoms. The fraction of sp³-hybridized carbons (Fsp3) is 0.714. The lowest BCUT2D eigenvalue weighted by molar-refractivity contribution is 0.448. The van der Waals surface area contributed by atoms with E-state index in [9.17, 15) is 0 Å². The second-order valence-electron chi connectivity index (χ2n) is 2.26. The SMILES string of the molecule is Cl.IC#CC1CCNCC1. The molecule has 0 atom stereocenters. The molecule has 1 N–H and O–H groups in total. The minimum atomic E-state index is 0. The fourth-order valence-corrected chi connectivity index (χ4v) is 1.48. The molecule has 0 radical (unpaired) electrons. The fourth-order valence-electron chi connectivity index (χ4n) is 1.04. The molecule has 0 aromatic carbocycles. The smallest absolute Gasteiger partial charge is 0.0235 e. The summed E-state index contributed by atoms with van der Waals surface area (Å²) in [4.78, 5) is 0. The third-order valence-corrected chi connectivity index (χ3v) is 1.91. The zero-order chi connectivity index (χ0) is 6.53. The van der Waals surface area contributed by atoms with Gasteiger partial charge in [0.1, 0.15) is 0 Å². The van der Waals surface area contributed by atoms with Crippen molar-refractivity contribution >= 4 is 35.0 Å². The van der Waals surface area contributed by atoms with Gasteiger partial charge in [0.05, 0.1) is 0 Å². The number of nitrogens with one attached hydrogen (secondary N) is 1. The highest BCUT2D eigenvalue weighted by Gasteiger charge is 2.08. The maximum absolute atomic E-state index is 3.30. The number of rotatable bonds is 0. The van der Waals surface area contributed by atoms with E-state index >= 15 is 0 Å². The van der Waals surface area contributed by atoms with Crippen LogP contribution in [0.1, 0.15) is 12.8 Å². The van der Waals surface area contributed by atoms with Crippen LogP contribution in [-0.2, 0) is 0 Å². The van der Waals surface area contributed by atoms with Crippen LogP contribution in [-0.4, -0.2) is 13.1 Å². The second-order valence-corrected chi connectivity index (χ2v) is 2.80. The highest BCUT2D eigenvalue weighted by Crippen LogP contribution is 2.09. The molecule has 1 heterocycles. The van der Waals surface area contributed by atoms with Crippen LogP contribution in [0.2, 0.25) is 0 Å². The van der Waals surface area contributed by atoms with E-state index in [1.165, 1.54) is 12.8 Å². The number of halogens is 2. The first-order chi connectivity index (χ1) is 4.43. The molecule has 0 unspecified atom stereocenters. The maximum atomic E-state index is 3.30. The zero-order valence-corrected chi connectivity index (χ0v) is 8.67. The normalized spacial score (nSPS) is 18.5. The molecule has 1 fully saturated rings. The first kappa shape index (κ1) is 10.5. The number of piperidine rings is 1. The van der Waals surface area contributed by atoms with Crippen LogP contribution in [0.5, 0.6) is 0 Å². The Morgan fingerprint density at radius 3 is 2.40 bits per heavy atom. The average Bonchev–Trinajstić information content (AvgIpc) is 1.91. The molecule has 0 spiro atoms. The molecule has 0 saturated carbocycles. The Morgan fingerprint density at radius 2 is 1.90 bits per heavy atom. The van der Waals surface area contributed by atoms with E-state index in [1.807, 2.05) is 0 Å². The van der Waals surface area contributed by atoms with Gasteiger partial charge in [0, 0.05) is 28.5 Å². The Kier molecular flexibility index (Phi) is 6.60. The Labute approximate surface area is 81.9 Å². The second kappa shape index (κ2) is 6.26. The van der Waals surface area contributed by atoms with Gasteiger partial charge in [0.15, 0.2) is 0 Å². The van der Waals surface area contributed by atoms with Gasteiger partial charge in [-0.3, -0.25) is 0 Å². The van der Waals surface area contributed by atoms with E-state index in [1.54, 1.807) is 0 Å². The van der Waals surface area contributed by atoms with Crippen LogP contribution in [0.3, 0.4) is 0 Å². The molecule has 1 aliphatic rings. The van der Waals surface area contributed by atoms with E-state index in [2.05, 4.69) is 37.8 Å². The summed E-state index contributed by atoms with van der Waals surface area (Å²) in [7, 11) is 0. The van der Waals surface area contributed by atoms with Crippen LogP contribution in [0.4, 0.5) is 0 Å². The first-order valence-corrected chi connectivity index (χ1v) is 4.33. The largest absolute Gasteiger partial charge is 0.317 e. The standard InChI is InChI=1S/C7H10IN.ClH/c8-4-1-7-2-5-9-6-3-7;/h7,9H,2-3,5-6H2;1H. The van der Waals surface area contributed by atoms with E-state index in [0.717, 1.165) is 13.1 Å². The predicted octanol–water partition coefficient (Wildman–Crippen LogP) is 1.80. The highest BCUT2D eigenvalue weighted by molar-refractivity contribution is 14.1. The van der Waals surface area contributed by atoms with Crippen molar-refractivity contribution in [1.82, 2.24) is 5.32 Å². The summed E-state index contributed by atoms with van der Waals surface area (Å²) in [5.41, 5.74) is 0. The van der Waals surface area contributed by atoms with Crippen LogP contribution in [0.15, 0.2) is 0 Å². The Hall–Kier alpha value is 0.540. The first-order valence-electron chi connectivity index (χ1n) is 3.25. The summed E-state index contributed by atoms with van der Waals surface area (Å²) in [5, 5.41) is 3.30. The maximum Gasteiger partial charge on any atom is 0.0235 e. The number of hydrogen-bond donors (Lipinski definition) is 1. The van der Waals surface area contributed by atoms with Crippen molar-refractivity contribution in [1.29, 1.82) is 0 Å². The monoisotopic (exact) mass is 271 g/mol. The summed E-state index contributed by atoms with van der Waals surface area (Å²) in [6.07, 6.45) is 2.46. The molecule has 0 amide bonds. The lowest BCUT2D eigenvalue weighted by Crippen LogP contribution is -2.26. The molecule has 1 rings (SSSR count). The van der Waals surface area contributed by atoms with Crippen molar-refractivity contribution in [2.45, 2.75) is 12.8 Å². The molecule has 1 aliphatic heterocycles. The molecule has 0 aliphatic carbocycles. The summed E-state index contributed by atoms with van der Waals surface area (Å²) >= 11 is 2.11. The van der Waals surface area contributed by atoms with Gasteiger partial charge in [-0.2, -0.15) is 0 Å². The van der Waals surface area contributed by atoms with Gasteiger partial charge in [-0.15, -0.1) is 12.4 Å². The molecule has 1 saturated heterocycles. The molecular formula is C7H11ClIN. The zero-order valence-electron chi connectivity index (χ0n) is 5.69. The van der Waals surface area contributed by atoms with E-state index in [4.69, 9.17) is 0 Å². The van der Waals surface area contributed by atoms with Gasteiger partial charge in [-0.1, -0.05) is 5.92 Å². The highest BCUT2D eigenvalue weighted by atomic mass is 127. The van der Waals surface area contributed by atoms with Gasteiger partial charge in [0.2, 0.25) is 0 Å². The topological polar surface area (TPSA) is 12.0 Å². The van der Waals surface area contributed by atoms with Crippen molar-refractivity contribution < 1.29 is 0 Å². The molecule has 0 aromatic heterocycles. The van der Waals surface area contributed by atoms with Crippen molar-refractivity contribution in [3.05, 3.63) is 0 Å². The quantitative estimate of drug-likeness (QED) is 0.523. The van der Waals surface area contributed by atoms with Crippen LogP contribution in [0.25, 0.3) is 0 Å². The summed E-state index contributed by atoms with van der Waals surface area (Å²) < 4.78 is 2.93. The average molecular weight is 272 g/mol. The third-order valence-electron chi connectivity index (χ3n) is 1.60. The van der Waals surface area contributed by atoms with Crippen molar-refractivity contribution in [2.75, 3.05) is 13.1 Å². The summed E-state index contributed by atoms with van der Waals surface area (Å²) in [6.45, 7) is 2.30. The Morgan fingerprint density at radius 1 is 1.30 bits per heavy atom. The molecular weight excluding hydrogens is 260 g/mol. The lowest BCUT2D eigenvalue weighted by Gasteiger charge is -2.16. The van der Waals surface area contributed by atoms with Crippen molar-refractivity contribution in [2.24, 2.45) is 5.92 Å². The number of hydrogen-bond acceptors (Lipinski definition) is 1. The summed E-state index contributed by atoms with van der Waals surface area (Å²) in [5.74, 6) is 3.85. The van der Waals surface area contributed by atoms with Crippen LogP contribution < -0.4 is 5.32 Å². The minimum Gasteiger partial charge on any atom is -0.317 e. The van der Waals surface area contributed by atoms with E-state index in [-0.39, 0.29) is 12.4 Å². The molecule has 10 heavy (non-hydrogen) atoms. The van der Waals surface area contributed by atoms with E-state index < -0.39 is 0 Å². The molecule has 1 nitrogen and oxygen atoms in total. The minimum absolute atomic E-state index is 0. The molecule has 3 heteroatoms.